The topological polar surface area (TPSA) is 52.6 Å². The summed E-state index contributed by atoms with van der Waals surface area (Å²) in [6, 6.07) is 0. The summed E-state index contributed by atoms with van der Waals surface area (Å²) in [7, 11) is 0. The Hall–Kier alpha value is 0.263. The van der Waals surface area contributed by atoms with Crippen molar-refractivity contribution >= 4 is 37.2 Å². The minimum atomic E-state index is -1.69. The predicted molar refractivity (Wildman–Crippen MR) is 207 cm³/mol. The summed E-state index contributed by atoms with van der Waals surface area (Å²) in [6.07, 6.45) is 42.4. The Kier molecular flexibility index (Phi) is 39.3. The van der Waals surface area contributed by atoms with Crippen LogP contribution < -0.4 is 0 Å². The van der Waals surface area contributed by atoms with Crippen LogP contribution in [-0.4, -0.2) is 32.8 Å². The van der Waals surface area contributed by atoms with E-state index in [9.17, 15) is 9.59 Å². The minimum absolute atomic E-state index is 0.279. The summed E-state index contributed by atoms with van der Waals surface area (Å²) in [5, 5.41) is 0. The van der Waals surface area contributed by atoms with Crippen LogP contribution in [0.2, 0.25) is 0 Å². The van der Waals surface area contributed by atoms with Gasteiger partial charge in [0.25, 0.3) is 0 Å². The minimum Gasteiger partial charge on any atom is -0.0654 e. The van der Waals surface area contributed by atoms with Crippen molar-refractivity contribution in [3.05, 3.63) is 0 Å². The van der Waals surface area contributed by atoms with Gasteiger partial charge in [-0.2, -0.15) is 0 Å². The maximum absolute atomic E-state index is 12.3. The van der Waals surface area contributed by atoms with E-state index in [-0.39, 0.29) is 11.9 Å². The van der Waals surface area contributed by atoms with Crippen LogP contribution in [0, 0.1) is 0 Å². The second-order valence-electron chi connectivity index (χ2n) is 14.2. The molecule has 2 atom stereocenters. The summed E-state index contributed by atoms with van der Waals surface area (Å²) in [5.41, 5.74) is 0. The van der Waals surface area contributed by atoms with Crippen LogP contribution in [0.3, 0.4) is 0 Å². The van der Waals surface area contributed by atoms with Gasteiger partial charge in [0.05, 0.1) is 0 Å². The standard InChI is InChI=1S/2C20H39O2S.Zn/c2*1-2-3-4-5-6-7-8-9-10-11-12-13-14-15-16-17-18-22-20(21)19-23;/h2*19,23H,2-18H2,1H3;. The maximum atomic E-state index is 12.3. The van der Waals surface area contributed by atoms with Crippen LogP contribution in [0.25, 0.3) is 0 Å². The van der Waals surface area contributed by atoms with Crippen LogP contribution >= 0.6 is 25.3 Å². The van der Waals surface area contributed by atoms with Gasteiger partial charge in [-0.15, -0.1) is 0 Å². The molecule has 0 aliphatic carbocycles. The van der Waals surface area contributed by atoms with Crippen LogP contribution in [0.5, 0.6) is 0 Å². The average Bonchev–Trinajstić information content (AvgIpc) is 3.07. The van der Waals surface area contributed by atoms with Crippen molar-refractivity contribution in [1.29, 1.82) is 0 Å². The van der Waals surface area contributed by atoms with Crippen molar-refractivity contribution < 1.29 is 36.2 Å². The first-order valence-corrected chi connectivity index (χ1v) is 25.2. The number of esters is 2. The fraction of sp³-hybridized carbons (Fsp3) is 0.950. The Bertz CT molecular complexity index is 612. The molecule has 276 valence electrons. The molecule has 0 rings (SSSR count). The van der Waals surface area contributed by atoms with Gasteiger partial charge >= 0.3 is 197 Å². The summed E-state index contributed by atoms with van der Waals surface area (Å²) in [6.45, 7) is 5.47. The molecule has 0 fully saturated rings. The van der Waals surface area contributed by atoms with Gasteiger partial charge in [-0.05, 0) is 0 Å². The average molecular weight is 753 g/mol. The summed E-state index contributed by atoms with van der Waals surface area (Å²) in [4.78, 5) is 24.7. The number of carbonyl (C=O) groups is 2. The van der Waals surface area contributed by atoms with E-state index in [4.69, 9.17) is 9.47 Å². The van der Waals surface area contributed by atoms with E-state index in [0.717, 1.165) is 25.7 Å². The smallest absolute Gasteiger partial charge is 0.0654 e. The molecule has 0 spiro atoms. The first-order chi connectivity index (χ1) is 23.0. The quantitative estimate of drug-likeness (QED) is 0.0285. The summed E-state index contributed by atoms with van der Waals surface area (Å²) in [5.74, 6) is -0.558. The molecule has 0 bridgehead atoms. The Morgan fingerprint density at radius 1 is 0.383 bits per heavy atom. The number of ether oxygens (including phenoxy) is 2. The van der Waals surface area contributed by atoms with E-state index in [1.54, 1.807) is 0 Å². The van der Waals surface area contributed by atoms with E-state index < -0.39 is 24.8 Å². The van der Waals surface area contributed by atoms with Crippen molar-refractivity contribution in [2.45, 2.75) is 227 Å². The zero-order valence-electron chi connectivity index (χ0n) is 31.4. The molecule has 0 amide bonds. The van der Waals surface area contributed by atoms with Gasteiger partial charge in [-0.1, -0.05) is 117 Å². The monoisotopic (exact) mass is 750 g/mol. The van der Waals surface area contributed by atoms with E-state index in [2.05, 4.69) is 39.1 Å². The molecule has 0 heterocycles. The normalized spacial score (nSPS) is 12.5. The summed E-state index contributed by atoms with van der Waals surface area (Å²) >= 11 is 7.22. The third-order valence-electron chi connectivity index (χ3n) is 9.48. The van der Waals surface area contributed by atoms with Crippen LogP contribution in [0.15, 0.2) is 0 Å². The molecule has 0 aromatic rings. The molecule has 0 aliphatic rings. The van der Waals surface area contributed by atoms with Crippen LogP contribution in [0.1, 0.15) is 219 Å². The Balaban J connectivity index is 3.49. The number of unbranched alkanes of at least 4 members (excludes halogenated alkanes) is 30. The molecule has 0 aromatic heterocycles. The van der Waals surface area contributed by atoms with Crippen LogP contribution in [0.4, 0.5) is 0 Å². The first kappa shape index (κ1) is 47.3. The third-order valence-corrected chi connectivity index (χ3v) is 15.4. The number of hydrogen-bond donors (Lipinski definition) is 2. The fourth-order valence-electron chi connectivity index (χ4n) is 6.24. The Morgan fingerprint density at radius 3 is 0.787 bits per heavy atom. The summed E-state index contributed by atoms with van der Waals surface area (Å²) < 4.78 is 9.97. The predicted octanol–water partition coefficient (Wildman–Crippen LogP) is 13.2. The molecule has 0 N–H and O–H groups in total. The molecule has 0 saturated heterocycles. The van der Waals surface area contributed by atoms with E-state index >= 15 is 0 Å². The van der Waals surface area contributed by atoms with Gasteiger partial charge in [-0.3, -0.25) is 0 Å². The SMILES string of the molecule is CCCCCCCCCCCCCCCCCCOC(=O)[CH](S)[Zn][CH](S)C(=O)OCCCCCCCCCCCCCCCCCC. The van der Waals surface area contributed by atoms with Gasteiger partial charge < -0.3 is 0 Å². The van der Waals surface area contributed by atoms with Crippen molar-refractivity contribution in [3.8, 4) is 0 Å². The number of thiol groups is 2. The van der Waals surface area contributed by atoms with Gasteiger partial charge in [0, 0.05) is 0 Å². The van der Waals surface area contributed by atoms with Crippen molar-refractivity contribution in [1.82, 2.24) is 0 Å². The zero-order chi connectivity index (χ0) is 34.5. The zero-order valence-corrected chi connectivity index (χ0v) is 36.2. The molecular formula is C40H78O4S2Zn. The molecule has 2 unspecified atom stereocenters. The van der Waals surface area contributed by atoms with Gasteiger partial charge in [0.2, 0.25) is 0 Å². The van der Waals surface area contributed by atoms with Gasteiger partial charge in [0.15, 0.2) is 0 Å². The van der Waals surface area contributed by atoms with Crippen molar-refractivity contribution in [3.63, 3.8) is 0 Å². The van der Waals surface area contributed by atoms with Crippen molar-refractivity contribution in [2.24, 2.45) is 0 Å². The Morgan fingerprint density at radius 2 is 0.574 bits per heavy atom. The number of carbonyl (C=O) groups excluding carboxylic acids is 2. The number of rotatable bonds is 38. The van der Waals surface area contributed by atoms with Gasteiger partial charge in [0.1, 0.15) is 0 Å². The molecule has 0 radical (unpaired) electrons. The fourth-order valence-corrected chi connectivity index (χ4v) is 11.6. The molecule has 4 nitrogen and oxygen atoms in total. The second kappa shape index (κ2) is 39.1. The molecule has 7 heteroatoms. The molecule has 0 aliphatic heterocycles. The molecule has 47 heavy (non-hydrogen) atoms. The van der Waals surface area contributed by atoms with E-state index in [1.807, 2.05) is 0 Å². The molecule has 0 aromatic carbocycles. The second-order valence-corrected chi connectivity index (χ2v) is 22.8. The van der Waals surface area contributed by atoms with Crippen molar-refractivity contribution in [2.75, 3.05) is 13.2 Å². The van der Waals surface area contributed by atoms with Gasteiger partial charge in [-0.25, -0.2) is 0 Å². The third kappa shape index (κ3) is 35.9. The molecule has 0 saturated carbocycles. The Labute approximate surface area is 312 Å². The first-order valence-electron chi connectivity index (χ1n) is 20.7. The number of hydrogen-bond acceptors (Lipinski definition) is 6. The van der Waals surface area contributed by atoms with E-state index in [0.29, 0.717) is 13.2 Å². The molecular weight excluding hydrogens is 674 g/mol. The van der Waals surface area contributed by atoms with E-state index in [1.165, 1.54) is 180 Å². The van der Waals surface area contributed by atoms with Crippen LogP contribution in [-0.2, 0) is 36.2 Å².